The predicted octanol–water partition coefficient (Wildman–Crippen LogP) is 3.56. The van der Waals surface area contributed by atoms with Crippen LogP contribution in [-0.4, -0.2) is 21.4 Å². The summed E-state index contributed by atoms with van der Waals surface area (Å²) in [6.45, 7) is 6.88. The summed E-state index contributed by atoms with van der Waals surface area (Å²) in [6, 6.07) is 2.37. The van der Waals surface area contributed by atoms with E-state index in [1.54, 1.807) is 0 Å². The van der Waals surface area contributed by atoms with Gasteiger partial charge in [-0.25, -0.2) is 13.8 Å². The molecular weight excluding hydrogens is 348 g/mol. The Balaban J connectivity index is 1.90. The van der Waals surface area contributed by atoms with Gasteiger partial charge in [-0.2, -0.15) is 0 Å². The minimum Gasteiger partial charge on any atom is -0.310 e. The first-order valence-electron chi connectivity index (χ1n) is 8.14. The van der Waals surface area contributed by atoms with Crippen LogP contribution in [0.5, 0.6) is 0 Å². The molecule has 0 amide bonds. The molecule has 0 atom stereocenters. The second-order valence-corrected chi connectivity index (χ2v) is 7.78. The van der Waals surface area contributed by atoms with Crippen LogP contribution in [0.15, 0.2) is 16.9 Å². The lowest BCUT2D eigenvalue weighted by Crippen LogP contribution is -2.37. The molecule has 0 saturated heterocycles. The van der Waals surface area contributed by atoms with E-state index < -0.39 is 11.6 Å². The van der Waals surface area contributed by atoms with E-state index in [1.165, 1.54) is 12.1 Å². The summed E-state index contributed by atoms with van der Waals surface area (Å²) < 4.78 is 28.1. The van der Waals surface area contributed by atoms with Gasteiger partial charge in [-0.3, -0.25) is 9.69 Å². The van der Waals surface area contributed by atoms with E-state index in [0.29, 0.717) is 36.6 Å². The molecule has 3 rings (SSSR count). The Morgan fingerprint density at radius 2 is 2.04 bits per heavy atom. The zero-order valence-electron chi connectivity index (χ0n) is 14.4. The third-order valence-electron chi connectivity index (χ3n) is 4.38. The molecule has 0 saturated carbocycles. The second kappa shape index (κ2) is 6.50. The van der Waals surface area contributed by atoms with Crippen LogP contribution in [0.3, 0.4) is 0 Å². The smallest absolute Gasteiger partial charge is 0.254 e. The molecule has 0 spiro atoms. The second-order valence-electron chi connectivity index (χ2n) is 7.37. The molecule has 2 aromatic rings. The lowest BCUT2D eigenvalue weighted by molar-refractivity contribution is 0.232. The molecule has 1 aliphatic rings. The van der Waals surface area contributed by atoms with E-state index in [4.69, 9.17) is 11.6 Å². The molecule has 0 fully saturated rings. The van der Waals surface area contributed by atoms with Crippen molar-refractivity contribution >= 4 is 11.6 Å². The number of aromatic amines is 1. The summed E-state index contributed by atoms with van der Waals surface area (Å²) in [5, 5.41) is -0.0987. The van der Waals surface area contributed by atoms with Gasteiger partial charge in [0.1, 0.15) is 17.5 Å². The fraction of sp³-hybridized carbons (Fsp3) is 0.444. The van der Waals surface area contributed by atoms with Gasteiger partial charge >= 0.3 is 0 Å². The van der Waals surface area contributed by atoms with E-state index in [9.17, 15) is 13.6 Å². The first kappa shape index (κ1) is 18.0. The van der Waals surface area contributed by atoms with E-state index in [0.717, 1.165) is 0 Å². The molecule has 4 nitrogen and oxygen atoms in total. The van der Waals surface area contributed by atoms with Crippen molar-refractivity contribution in [3.05, 3.63) is 61.8 Å². The average molecular weight is 368 g/mol. The molecular formula is C18H20ClF2N3O. The van der Waals surface area contributed by atoms with Gasteiger partial charge in [-0.1, -0.05) is 32.4 Å². The van der Waals surface area contributed by atoms with E-state index in [2.05, 4.69) is 9.97 Å². The van der Waals surface area contributed by atoms with Crippen LogP contribution in [-0.2, 0) is 24.9 Å². The van der Waals surface area contributed by atoms with Crippen molar-refractivity contribution in [1.82, 2.24) is 14.9 Å². The molecule has 1 aliphatic heterocycles. The number of nitrogens with one attached hydrogen (secondary N) is 1. The zero-order chi connectivity index (χ0) is 18.4. The number of fused-ring (bicyclic) bond motifs is 1. The third-order valence-corrected chi connectivity index (χ3v) is 4.68. The molecule has 1 aromatic carbocycles. The van der Waals surface area contributed by atoms with Crippen LogP contribution in [0.1, 0.15) is 43.4 Å². The summed E-state index contributed by atoms with van der Waals surface area (Å²) in [4.78, 5) is 21.6. The first-order chi connectivity index (χ1) is 11.7. The van der Waals surface area contributed by atoms with E-state index in [-0.39, 0.29) is 28.1 Å². The molecule has 7 heteroatoms. The van der Waals surface area contributed by atoms with E-state index >= 15 is 0 Å². The molecule has 2 heterocycles. The van der Waals surface area contributed by atoms with Crippen LogP contribution in [0, 0.1) is 11.6 Å². The van der Waals surface area contributed by atoms with Gasteiger partial charge in [0.15, 0.2) is 0 Å². The molecule has 0 bridgehead atoms. The SMILES string of the molecule is CC(C)(C)c1nc2c(c(=O)[nH]1)CCN(Cc1c(F)ccc(Cl)c1F)C2. The Morgan fingerprint density at radius 3 is 2.72 bits per heavy atom. The topological polar surface area (TPSA) is 49.0 Å². The number of H-pyrrole nitrogens is 1. The highest BCUT2D eigenvalue weighted by Crippen LogP contribution is 2.25. The van der Waals surface area contributed by atoms with Crippen molar-refractivity contribution < 1.29 is 8.78 Å². The molecule has 0 radical (unpaired) electrons. The van der Waals surface area contributed by atoms with Crippen LogP contribution >= 0.6 is 11.6 Å². The minimum atomic E-state index is -0.735. The Bertz CT molecular complexity index is 874. The average Bonchev–Trinajstić information content (AvgIpc) is 2.54. The molecule has 0 aliphatic carbocycles. The van der Waals surface area contributed by atoms with Crippen LogP contribution in [0.2, 0.25) is 5.02 Å². The zero-order valence-corrected chi connectivity index (χ0v) is 15.2. The normalized spacial score (nSPS) is 15.3. The number of rotatable bonds is 2. The molecule has 0 unspecified atom stereocenters. The third kappa shape index (κ3) is 3.60. The Labute approximate surface area is 149 Å². The minimum absolute atomic E-state index is 0.0585. The maximum Gasteiger partial charge on any atom is 0.254 e. The van der Waals surface area contributed by atoms with Crippen LogP contribution in [0.4, 0.5) is 8.78 Å². The maximum atomic E-state index is 14.1. The van der Waals surface area contributed by atoms with E-state index in [1.807, 2.05) is 25.7 Å². The number of nitrogens with zero attached hydrogens (tertiary/aromatic N) is 2. The number of halogens is 3. The molecule has 1 aromatic heterocycles. The Hall–Kier alpha value is -1.79. The van der Waals surface area contributed by atoms with Crippen molar-refractivity contribution in [2.45, 2.75) is 45.7 Å². The van der Waals surface area contributed by atoms with Crippen LogP contribution in [0.25, 0.3) is 0 Å². The van der Waals surface area contributed by atoms with Gasteiger partial charge in [-0.05, 0) is 18.6 Å². The standard InChI is InChI=1S/C18H20ClF2N3O/c1-18(2,3)17-22-14-9-24(7-6-10(14)16(25)23-17)8-11-13(20)5-4-12(19)15(11)21/h4-5H,6-9H2,1-3H3,(H,22,23,25). The summed E-state index contributed by atoms with van der Waals surface area (Å²) in [5.74, 6) is -0.748. The Morgan fingerprint density at radius 1 is 1.32 bits per heavy atom. The fourth-order valence-corrected chi connectivity index (χ4v) is 3.10. The summed E-state index contributed by atoms with van der Waals surface area (Å²) >= 11 is 5.76. The predicted molar refractivity (Wildman–Crippen MR) is 92.7 cm³/mol. The van der Waals surface area contributed by atoms with Crippen molar-refractivity contribution in [2.24, 2.45) is 0 Å². The highest BCUT2D eigenvalue weighted by Gasteiger charge is 2.26. The quantitative estimate of drug-likeness (QED) is 0.826. The molecule has 1 N–H and O–H groups in total. The van der Waals surface area contributed by atoms with Gasteiger partial charge in [0.2, 0.25) is 0 Å². The summed E-state index contributed by atoms with van der Waals surface area (Å²) in [7, 11) is 0. The first-order valence-corrected chi connectivity index (χ1v) is 8.52. The Kier molecular flexibility index (Phi) is 4.68. The maximum absolute atomic E-state index is 14.1. The number of hydrogen-bond donors (Lipinski definition) is 1. The largest absolute Gasteiger partial charge is 0.310 e. The van der Waals surface area contributed by atoms with Crippen LogP contribution < -0.4 is 5.56 Å². The summed E-state index contributed by atoms with van der Waals surface area (Å²) in [6.07, 6.45) is 0.492. The van der Waals surface area contributed by atoms with Gasteiger partial charge in [-0.15, -0.1) is 0 Å². The molecule has 25 heavy (non-hydrogen) atoms. The molecule has 134 valence electrons. The lowest BCUT2D eigenvalue weighted by atomic mass is 9.95. The van der Waals surface area contributed by atoms with Gasteiger partial charge < -0.3 is 4.98 Å². The van der Waals surface area contributed by atoms with Gasteiger partial charge in [0.05, 0.1) is 10.7 Å². The highest BCUT2D eigenvalue weighted by molar-refractivity contribution is 6.30. The number of benzene rings is 1. The highest BCUT2D eigenvalue weighted by atomic mass is 35.5. The van der Waals surface area contributed by atoms with Crippen molar-refractivity contribution in [3.63, 3.8) is 0 Å². The fourth-order valence-electron chi connectivity index (χ4n) is 2.92. The number of hydrogen-bond acceptors (Lipinski definition) is 3. The van der Waals surface area contributed by atoms with Crippen molar-refractivity contribution in [3.8, 4) is 0 Å². The summed E-state index contributed by atoms with van der Waals surface area (Å²) in [5.41, 5.74) is 0.840. The van der Waals surface area contributed by atoms with Crippen molar-refractivity contribution in [2.75, 3.05) is 6.54 Å². The monoisotopic (exact) mass is 367 g/mol. The van der Waals surface area contributed by atoms with Gasteiger partial charge in [0, 0.05) is 36.2 Å². The number of aromatic nitrogens is 2. The lowest BCUT2D eigenvalue weighted by Gasteiger charge is -2.29. The van der Waals surface area contributed by atoms with Crippen molar-refractivity contribution in [1.29, 1.82) is 0 Å². The van der Waals surface area contributed by atoms with Gasteiger partial charge in [0.25, 0.3) is 5.56 Å².